The Morgan fingerprint density at radius 3 is 2.62 bits per heavy atom. The third-order valence-corrected chi connectivity index (χ3v) is 3.27. The van der Waals surface area contributed by atoms with Crippen LogP contribution in [0.3, 0.4) is 0 Å². The minimum absolute atomic E-state index is 0.0360. The Labute approximate surface area is 128 Å². The minimum Gasteiger partial charge on any atom is -0.481 e. The summed E-state index contributed by atoms with van der Waals surface area (Å²) in [5.41, 5.74) is -0.607. The van der Waals surface area contributed by atoms with Crippen molar-refractivity contribution in [1.82, 2.24) is 0 Å². The van der Waals surface area contributed by atoms with Crippen molar-refractivity contribution in [3.05, 3.63) is 29.3 Å². The summed E-state index contributed by atoms with van der Waals surface area (Å²) in [6.07, 6.45) is -3.72. The Morgan fingerprint density at radius 1 is 1.43 bits per heavy atom. The van der Waals surface area contributed by atoms with E-state index in [0.717, 1.165) is 6.07 Å². The van der Waals surface area contributed by atoms with E-state index < -0.39 is 17.7 Å². The first kappa shape index (κ1) is 17.9. The fraction of sp³-hybridized carbons (Fsp3) is 0.500. The highest BCUT2D eigenvalue weighted by atomic mass is 35.5. The smallest absolute Gasteiger partial charge is 0.416 e. The zero-order chi connectivity index (χ0) is 16.0. The molecule has 1 N–H and O–H groups in total. The van der Waals surface area contributed by atoms with Gasteiger partial charge in [-0.1, -0.05) is 23.7 Å². The second kappa shape index (κ2) is 7.73. The van der Waals surface area contributed by atoms with Crippen molar-refractivity contribution in [3.8, 4) is 0 Å². The maximum absolute atomic E-state index is 13.1. The molecule has 0 aliphatic rings. The summed E-state index contributed by atoms with van der Waals surface area (Å²) in [5, 5.41) is 7.86. The van der Waals surface area contributed by atoms with E-state index in [4.69, 9.17) is 29.6 Å². The van der Waals surface area contributed by atoms with Gasteiger partial charge in [-0.05, 0) is 25.3 Å². The predicted octanol–water partition coefficient (Wildman–Crippen LogP) is 3.62. The zero-order valence-electron chi connectivity index (χ0n) is 11.6. The minimum atomic E-state index is -4.51. The highest BCUT2D eigenvalue weighted by Gasteiger charge is 2.36. The van der Waals surface area contributed by atoms with Crippen molar-refractivity contribution >= 4 is 30.8 Å². The molecule has 0 aliphatic heterocycles. The molecule has 21 heavy (non-hydrogen) atoms. The van der Waals surface area contributed by atoms with Gasteiger partial charge in [-0.15, -0.1) is 11.6 Å². The molecule has 1 rings (SSSR count). The van der Waals surface area contributed by atoms with E-state index in [1.165, 1.54) is 12.1 Å². The van der Waals surface area contributed by atoms with Gasteiger partial charge in [-0.2, -0.15) is 13.2 Å². The van der Waals surface area contributed by atoms with Crippen LogP contribution in [-0.2, 0) is 10.9 Å². The molecule has 1 atom stereocenters. The molecule has 7 heteroatoms. The van der Waals surface area contributed by atoms with Crippen LogP contribution < -0.4 is 5.46 Å². The normalized spacial score (nSPS) is 13.0. The Hall–Kier alpha value is -1.17. The van der Waals surface area contributed by atoms with Gasteiger partial charge in [0.25, 0.3) is 0 Å². The monoisotopic (exact) mass is 317 g/mol. The van der Waals surface area contributed by atoms with Gasteiger partial charge in [0.15, 0.2) is 5.90 Å². The zero-order valence-corrected chi connectivity index (χ0v) is 12.4. The number of hydrogen-bond donors (Lipinski definition) is 1. The largest absolute Gasteiger partial charge is 0.481 e. The first-order valence-corrected chi connectivity index (χ1v) is 7.08. The number of halogens is 4. The molecule has 0 saturated carbocycles. The van der Waals surface area contributed by atoms with Gasteiger partial charge in [-0.25, -0.2) is 0 Å². The van der Waals surface area contributed by atoms with Crippen LogP contribution in [0.4, 0.5) is 13.2 Å². The van der Waals surface area contributed by atoms with E-state index in [1.54, 1.807) is 6.92 Å². The lowest BCUT2D eigenvalue weighted by Crippen LogP contribution is -2.22. The van der Waals surface area contributed by atoms with Crippen molar-refractivity contribution < 1.29 is 17.9 Å². The molecule has 0 fully saturated rings. The lowest BCUT2D eigenvalue weighted by atomic mass is 9.84. The quantitative estimate of drug-likeness (QED) is 0.370. The molecular formula is C14H16BClF3NO. The maximum atomic E-state index is 13.1. The molecule has 0 heterocycles. The highest BCUT2D eigenvalue weighted by Crippen LogP contribution is 2.36. The van der Waals surface area contributed by atoms with Gasteiger partial charge in [0, 0.05) is 5.88 Å². The molecule has 2 nitrogen and oxygen atoms in total. The summed E-state index contributed by atoms with van der Waals surface area (Å²) in [7, 11) is 5.61. The summed E-state index contributed by atoms with van der Waals surface area (Å²) in [4.78, 5) is 0. The van der Waals surface area contributed by atoms with Gasteiger partial charge in [0.1, 0.15) is 7.85 Å². The molecule has 0 aromatic heterocycles. The number of hydrogen-bond acceptors (Lipinski definition) is 2. The Morgan fingerprint density at radius 2 is 2.10 bits per heavy atom. The molecule has 0 bridgehead atoms. The van der Waals surface area contributed by atoms with E-state index in [-0.39, 0.29) is 23.5 Å². The number of alkyl halides is 4. The van der Waals surface area contributed by atoms with Crippen molar-refractivity contribution in [1.29, 1.82) is 5.41 Å². The number of benzene rings is 1. The van der Waals surface area contributed by atoms with Crippen LogP contribution in [0.5, 0.6) is 0 Å². The molecule has 114 valence electrons. The topological polar surface area (TPSA) is 33.1 Å². The van der Waals surface area contributed by atoms with Gasteiger partial charge in [-0.3, -0.25) is 5.41 Å². The Bertz CT molecular complexity index is 494. The van der Waals surface area contributed by atoms with Crippen molar-refractivity contribution in [3.63, 3.8) is 0 Å². The summed E-state index contributed by atoms with van der Waals surface area (Å²) >= 11 is 5.62. The van der Waals surface area contributed by atoms with Crippen molar-refractivity contribution in [2.75, 3.05) is 12.5 Å². The maximum Gasteiger partial charge on any atom is 0.416 e. The predicted molar refractivity (Wildman–Crippen MR) is 78.9 cm³/mol. The molecule has 1 unspecified atom stereocenters. The fourth-order valence-corrected chi connectivity index (χ4v) is 2.25. The van der Waals surface area contributed by atoms with Crippen LogP contribution >= 0.6 is 11.6 Å². The van der Waals surface area contributed by atoms with E-state index in [0.29, 0.717) is 18.7 Å². The molecular weight excluding hydrogens is 301 g/mol. The fourth-order valence-electron chi connectivity index (χ4n) is 2.09. The number of ether oxygens (including phenoxy) is 1. The van der Waals surface area contributed by atoms with Crippen LogP contribution in [0.15, 0.2) is 18.2 Å². The average molecular weight is 318 g/mol. The lowest BCUT2D eigenvalue weighted by Gasteiger charge is -2.22. The third-order valence-electron chi connectivity index (χ3n) is 3.00. The first-order chi connectivity index (χ1) is 9.81. The SMILES string of the molecule is [B]c1ccc(C(F)(F)F)c(C(CCCCl)C(=N)OCC)c1. The summed E-state index contributed by atoms with van der Waals surface area (Å²) < 4.78 is 44.5. The molecule has 0 amide bonds. The lowest BCUT2D eigenvalue weighted by molar-refractivity contribution is -0.138. The average Bonchev–Trinajstić information content (AvgIpc) is 2.38. The van der Waals surface area contributed by atoms with Crippen molar-refractivity contribution in [2.45, 2.75) is 31.9 Å². The summed E-state index contributed by atoms with van der Waals surface area (Å²) in [5.74, 6) is -0.693. The standard InChI is InChI=1S/C14H16BClF3NO/c1-2-21-13(20)10(4-3-7-16)11-8-9(15)5-6-12(11)14(17,18)19/h5-6,8,10,20H,2-4,7H2,1H3. The molecule has 1 aromatic carbocycles. The van der Waals surface area contributed by atoms with Gasteiger partial charge in [0.05, 0.1) is 18.1 Å². The van der Waals surface area contributed by atoms with Crippen LogP contribution in [0.2, 0.25) is 0 Å². The van der Waals surface area contributed by atoms with E-state index >= 15 is 0 Å². The summed E-state index contributed by atoms with van der Waals surface area (Å²) in [6.45, 7) is 1.90. The van der Waals surface area contributed by atoms with Crippen LogP contribution in [-0.4, -0.2) is 26.2 Å². The van der Waals surface area contributed by atoms with Crippen LogP contribution in [0.25, 0.3) is 0 Å². The van der Waals surface area contributed by atoms with Gasteiger partial charge < -0.3 is 4.74 Å². The summed E-state index contributed by atoms with van der Waals surface area (Å²) in [6, 6.07) is 3.40. The molecule has 0 saturated heterocycles. The second-order valence-electron chi connectivity index (χ2n) is 4.53. The molecule has 0 spiro atoms. The van der Waals surface area contributed by atoms with Crippen molar-refractivity contribution in [2.24, 2.45) is 0 Å². The van der Waals surface area contributed by atoms with E-state index in [1.807, 2.05) is 0 Å². The number of nitrogens with one attached hydrogen (secondary N) is 1. The van der Waals surface area contributed by atoms with E-state index in [2.05, 4.69) is 0 Å². The highest BCUT2D eigenvalue weighted by molar-refractivity contribution is 6.32. The Kier molecular flexibility index (Phi) is 6.59. The van der Waals surface area contributed by atoms with Crippen LogP contribution in [0.1, 0.15) is 36.8 Å². The molecule has 0 aliphatic carbocycles. The first-order valence-electron chi connectivity index (χ1n) is 6.55. The molecule has 2 radical (unpaired) electrons. The van der Waals surface area contributed by atoms with E-state index in [9.17, 15) is 13.2 Å². The number of rotatable bonds is 6. The third kappa shape index (κ3) is 4.95. The van der Waals surface area contributed by atoms with Gasteiger partial charge >= 0.3 is 6.18 Å². The Balaban J connectivity index is 3.27. The second-order valence-corrected chi connectivity index (χ2v) is 4.90. The van der Waals surface area contributed by atoms with Gasteiger partial charge in [0.2, 0.25) is 0 Å². The van der Waals surface area contributed by atoms with Crippen LogP contribution in [0, 0.1) is 5.41 Å². The molecule has 1 aromatic rings.